The van der Waals surface area contributed by atoms with Crippen LogP contribution in [-0.2, 0) is 10.8 Å². The lowest BCUT2D eigenvalue weighted by atomic mass is 9.79. The molecule has 0 aromatic heterocycles. The minimum absolute atomic E-state index is 0. The minimum Gasteiger partial charge on any atom is -0.493 e. The topological polar surface area (TPSA) is 72.8 Å². The van der Waals surface area contributed by atoms with Gasteiger partial charge in [-0.2, -0.15) is 0 Å². The number of carboxylic acids is 1. The lowest BCUT2D eigenvalue weighted by molar-refractivity contribution is 0.0696. The first kappa shape index (κ1) is 24.4. The van der Waals surface area contributed by atoms with Gasteiger partial charge in [-0.3, -0.25) is 4.79 Å². The Kier molecular flexibility index (Phi) is 7.20. The summed E-state index contributed by atoms with van der Waals surface area (Å²) in [6.07, 6.45) is 1.92. The third kappa shape index (κ3) is 5.27. The van der Waals surface area contributed by atoms with Gasteiger partial charge in [-0.25, -0.2) is 4.79 Å². The van der Waals surface area contributed by atoms with Crippen molar-refractivity contribution >= 4 is 11.8 Å². The zero-order valence-electron chi connectivity index (χ0n) is 18.4. The molecule has 0 unspecified atom stereocenters. The number of ether oxygens (including phenoxy) is 2. The van der Waals surface area contributed by atoms with Crippen LogP contribution in [0.5, 0.6) is 11.5 Å². The van der Waals surface area contributed by atoms with Gasteiger partial charge >= 0.3 is 5.97 Å². The SMILES string of the molecule is C.CC(=O)c1ccc2c(c1)C(C)(C)CCO2.CC1(C)CCOc2ccc(C(=O)O)cc21. The molecule has 31 heavy (non-hydrogen) atoms. The van der Waals surface area contributed by atoms with Gasteiger partial charge in [0.2, 0.25) is 0 Å². The van der Waals surface area contributed by atoms with Crippen LogP contribution in [0.1, 0.15) is 86.7 Å². The van der Waals surface area contributed by atoms with E-state index in [0.717, 1.165) is 47.6 Å². The standard InChI is InChI=1S/C13H16O2.C12H14O3.CH4/c1-9(14)10-4-5-12-11(8-10)13(2,3)6-7-15-12;1-12(2)5-6-15-10-4-3-8(11(13)14)7-9(10)12;/h4-5,8H,6-7H2,1-3H3;3-4,7H,5-6H2,1-2H3,(H,13,14);1H4. The van der Waals surface area contributed by atoms with Gasteiger partial charge in [-0.1, -0.05) is 35.1 Å². The normalized spacial score (nSPS) is 17.2. The van der Waals surface area contributed by atoms with E-state index >= 15 is 0 Å². The first-order valence-electron chi connectivity index (χ1n) is 10.3. The molecular weight excluding hydrogens is 392 g/mol. The summed E-state index contributed by atoms with van der Waals surface area (Å²) in [5, 5.41) is 8.92. The molecule has 0 bridgehead atoms. The van der Waals surface area contributed by atoms with Crippen molar-refractivity contribution in [3.63, 3.8) is 0 Å². The van der Waals surface area contributed by atoms with Gasteiger partial charge in [0.25, 0.3) is 0 Å². The molecule has 0 saturated carbocycles. The molecule has 4 rings (SSSR count). The van der Waals surface area contributed by atoms with Gasteiger partial charge in [0, 0.05) is 16.7 Å². The second-order valence-corrected chi connectivity index (χ2v) is 9.25. The molecule has 5 heteroatoms. The number of carbonyl (C=O) groups excluding carboxylic acids is 1. The molecule has 2 aliphatic rings. The number of Topliss-reactive ketones (excluding diaryl/α,β-unsaturated/α-hetero) is 1. The highest BCUT2D eigenvalue weighted by Gasteiger charge is 2.30. The third-order valence-corrected chi connectivity index (χ3v) is 6.04. The summed E-state index contributed by atoms with van der Waals surface area (Å²) in [7, 11) is 0. The highest BCUT2D eigenvalue weighted by molar-refractivity contribution is 5.94. The summed E-state index contributed by atoms with van der Waals surface area (Å²) in [6.45, 7) is 11.7. The van der Waals surface area contributed by atoms with Crippen molar-refractivity contribution in [2.75, 3.05) is 13.2 Å². The Balaban J connectivity index is 0.000000213. The lowest BCUT2D eigenvalue weighted by Gasteiger charge is -2.32. The van der Waals surface area contributed by atoms with E-state index in [4.69, 9.17) is 14.6 Å². The maximum atomic E-state index is 11.3. The fourth-order valence-corrected chi connectivity index (χ4v) is 3.82. The Labute approximate surface area is 185 Å². The maximum Gasteiger partial charge on any atom is 0.335 e. The highest BCUT2D eigenvalue weighted by Crippen LogP contribution is 2.39. The quantitative estimate of drug-likeness (QED) is 0.594. The van der Waals surface area contributed by atoms with E-state index in [1.807, 2.05) is 18.2 Å². The number of rotatable bonds is 2. The van der Waals surface area contributed by atoms with Crippen LogP contribution < -0.4 is 9.47 Å². The second kappa shape index (κ2) is 9.13. The Morgan fingerprint density at radius 1 is 0.806 bits per heavy atom. The molecule has 0 amide bonds. The van der Waals surface area contributed by atoms with Crippen molar-refractivity contribution in [3.8, 4) is 11.5 Å². The number of carboxylic acid groups (broad SMARTS) is 1. The van der Waals surface area contributed by atoms with Gasteiger partial charge in [-0.05, 0) is 67.0 Å². The smallest absolute Gasteiger partial charge is 0.335 e. The van der Waals surface area contributed by atoms with Crippen LogP contribution in [0.15, 0.2) is 36.4 Å². The number of hydrogen-bond acceptors (Lipinski definition) is 4. The first-order valence-corrected chi connectivity index (χ1v) is 10.3. The van der Waals surface area contributed by atoms with Crippen LogP contribution in [0.3, 0.4) is 0 Å². The van der Waals surface area contributed by atoms with Crippen LogP contribution in [0.2, 0.25) is 0 Å². The van der Waals surface area contributed by atoms with Crippen LogP contribution >= 0.6 is 0 Å². The molecule has 0 fully saturated rings. The highest BCUT2D eigenvalue weighted by atomic mass is 16.5. The van der Waals surface area contributed by atoms with E-state index in [-0.39, 0.29) is 24.0 Å². The number of hydrogen-bond donors (Lipinski definition) is 1. The summed E-state index contributed by atoms with van der Waals surface area (Å²) in [4.78, 5) is 22.2. The van der Waals surface area contributed by atoms with E-state index in [9.17, 15) is 9.59 Å². The molecule has 2 heterocycles. The van der Waals surface area contributed by atoms with Crippen molar-refractivity contribution < 1.29 is 24.2 Å². The van der Waals surface area contributed by atoms with Crippen LogP contribution in [0.25, 0.3) is 0 Å². The average molecular weight is 427 g/mol. The molecule has 5 nitrogen and oxygen atoms in total. The summed E-state index contributed by atoms with van der Waals surface area (Å²) in [5.41, 5.74) is 3.35. The Morgan fingerprint density at radius 2 is 1.23 bits per heavy atom. The summed E-state index contributed by atoms with van der Waals surface area (Å²) >= 11 is 0. The van der Waals surface area contributed by atoms with Crippen molar-refractivity contribution in [1.29, 1.82) is 0 Å². The van der Waals surface area contributed by atoms with E-state index in [1.165, 1.54) is 0 Å². The predicted molar refractivity (Wildman–Crippen MR) is 123 cm³/mol. The van der Waals surface area contributed by atoms with Crippen molar-refractivity contribution in [3.05, 3.63) is 58.7 Å². The minimum atomic E-state index is -0.890. The number of ketones is 1. The van der Waals surface area contributed by atoms with Gasteiger partial charge in [0.15, 0.2) is 5.78 Å². The van der Waals surface area contributed by atoms with E-state index < -0.39 is 5.97 Å². The van der Waals surface area contributed by atoms with E-state index in [1.54, 1.807) is 25.1 Å². The van der Waals surface area contributed by atoms with Crippen molar-refractivity contribution in [2.45, 2.75) is 65.7 Å². The van der Waals surface area contributed by atoms with Crippen molar-refractivity contribution in [2.24, 2.45) is 0 Å². The molecule has 2 aromatic rings. The van der Waals surface area contributed by atoms with Gasteiger partial charge in [0.05, 0.1) is 18.8 Å². The van der Waals surface area contributed by atoms with E-state index in [0.29, 0.717) is 12.2 Å². The Bertz CT molecular complexity index is 892. The molecule has 2 aliphatic heterocycles. The average Bonchev–Trinajstić information content (AvgIpc) is 2.67. The molecule has 2 aromatic carbocycles. The predicted octanol–water partition coefficient (Wildman–Crippen LogP) is 6.03. The summed E-state index contributed by atoms with van der Waals surface area (Å²) in [6, 6.07) is 10.8. The molecular formula is C26H34O5. The zero-order chi connectivity index (χ0) is 22.1. The number of benzene rings is 2. The van der Waals surface area contributed by atoms with Crippen molar-refractivity contribution in [1.82, 2.24) is 0 Å². The molecule has 0 aliphatic carbocycles. The van der Waals surface area contributed by atoms with Gasteiger partial charge < -0.3 is 14.6 Å². The molecule has 0 atom stereocenters. The van der Waals surface area contributed by atoms with Gasteiger partial charge in [-0.15, -0.1) is 0 Å². The molecule has 168 valence electrons. The number of carbonyl (C=O) groups is 2. The monoisotopic (exact) mass is 426 g/mol. The largest absolute Gasteiger partial charge is 0.493 e. The first-order chi connectivity index (χ1) is 14.0. The third-order valence-electron chi connectivity index (χ3n) is 6.04. The lowest BCUT2D eigenvalue weighted by Crippen LogP contribution is -2.26. The fraction of sp³-hybridized carbons (Fsp3) is 0.462. The molecule has 0 radical (unpaired) electrons. The Morgan fingerprint density at radius 3 is 1.65 bits per heavy atom. The second-order valence-electron chi connectivity index (χ2n) is 9.25. The van der Waals surface area contributed by atoms with Crippen LogP contribution in [0.4, 0.5) is 0 Å². The Hall–Kier alpha value is -2.82. The van der Waals surface area contributed by atoms with Gasteiger partial charge in [0.1, 0.15) is 11.5 Å². The summed E-state index contributed by atoms with van der Waals surface area (Å²) in [5.74, 6) is 0.964. The number of fused-ring (bicyclic) bond motifs is 2. The maximum absolute atomic E-state index is 11.3. The number of aromatic carboxylic acids is 1. The van der Waals surface area contributed by atoms with E-state index in [2.05, 4.69) is 27.7 Å². The van der Waals surface area contributed by atoms with Crippen LogP contribution in [0, 0.1) is 0 Å². The zero-order valence-corrected chi connectivity index (χ0v) is 18.4. The van der Waals surface area contributed by atoms with Crippen LogP contribution in [-0.4, -0.2) is 30.1 Å². The molecule has 0 saturated heterocycles. The molecule has 0 spiro atoms. The molecule has 1 N–H and O–H groups in total. The fourth-order valence-electron chi connectivity index (χ4n) is 3.82. The summed E-state index contributed by atoms with van der Waals surface area (Å²) < 4.78 is 11.1.